The first-order chi connectivity index (χ1) is 14.0. The summed E-state index contributed by atoms with van der Waals surface area (Å²) in [4.78, 5) is 26.3. The lowest BCUT2D eigenvalue weighted by atomic mass is 10.1. The molecule has 1 aromatic heterocycles. The Morgan fingerprint density at radius 3 is 2.79 bits per heavy atom. The van der Waals surface area contributed by atoms with Gasteiger partial charge in [0.25, 0.3) is 5.91 Å². The van der Waals surface area contributed by atoms with Gasteiger partial charge >= 0.3 is 5.97 Å². The Morgan fingerprint density at radius 1 is 1.14 bits per heavy atom. The molecular formula is C22H18BrNO5. The Morgan fingerprint density at radius 2 is 2.00 bits per heavy atom. The van der Waals surface area contributed by atoms with E-state index in [9.17, 15) is 9.59 Å². The highest BCUT2D eigenvalue weighted by molar-refractivity contribution is 9.10. The molecule has 2 aromatic carbocycles. The normalized spacial score (nSPS) is 12.6. The van der Waals surface area contributed by atoms with Crippen LogP contribution in [0.25, 0.3) is 0 Å². The number of carbonyl (C=O) groups excluding carboxylic acids is 2. The topological polar surface area (TPSA) is 69.0 Å². The van der Waals surface area contributed by atoms with Crippen LogP contribution in [0.4, 0.5) is 5.69 Å². The molecule has 6 nitrogen and oxygen atoms in total. The maximum Gasteiger partial charge on any atom is 0.337 e. The molecule has 1 aliphatic rings. The second-order valence-corrected chi connectivity index (χ2v) is 7.47. The third-order valence-corrected chi connectivity index (χ3v) is 5.18. The molecule has 0 N–H and O–H groups in total. The summed E-state index contributed by atoms with van der Waals surface area (Å²) < 4.78 is 17.1. The Balaban J connectivity index is 1.46. The molecule has 29 heavy (non-hydrogen) atoms. The van der Waals surface area contributed by atoms with Gasteiger partial charge in [-0.2, -0.15) is 0 Å². The van der Waals surface area contributed by atoms with Crippen LogP contribution in [0.3, 0.4) is 0 Å². The van der Waals surface area contributed by atoms with Crippen molar-refractivity contribution < 1.29 is 23.5 Å². The summed E-state index contributed by atoms with van der Waals surface area (Å²) >= 11 is 3.40. The first kappa shape index (κ1) is 19.3. The van der Waals surface area contributed by atoms with Crippen LogP contribution in [-0.2, 0) is 17.8 Å². The van der Waals surface area contributed by atoms with Gasteiger partial charge in [0.2, 0.25) is 0 Å². The fourth-order valence-corrected chi connectivity index (χ4v) is 3.65. The molecule has 0 radical (unpaired) electrons. The summed E-state index contributed by atoms with van der Waals surface area (Å²) in [5, 5.41) is 0. The number of halogens is 1. The maximum atomic E-state index is 12.9. The molecule has 0 saturated carbocycles. The van der Waals surface area contributed by atoms with Crippen LogP contribution < -0.4 is 9.64 Å². The number of methoxy groups -OCH3 is 1. The van der Waals surface area contributed by atoms with Crippen LogP contribution in [0, 0.1) is 0 Å². The van der Waals surface area contributed by atoms with Crippen LogP contribution >= 0.6 is 15.9 Å². The first-order valence-electron chi connectivity index (χ1n) is 9.05. The number of nitrogens with zero attached hydrogens (tertiary/aromatic N) is 1. The molecule has 0 unspecified atom stereocenters. The molecule has 0 saturated heterocycles. The lowest BCUT2D eigenvalue weighted by Gasteiger charge is -2.16. The van der Waals surface area contributed by atoms with E-state index in [0.29, 0.717) is 30.0 Å². The number of hydrogen-bond donors (Lipinski definition) is 0. The fourth-order valence-electron chi connectivity index (χ4n) is 3.27. The lowest BCUT2D eigenvalue weighted by Crippen LogP contribution is -2.28. The van der Waals surface area contributed by atoms with Gasteiger partial charge in [0.1, 0.15) is 18.1 Å². The second kappa shape index (κ2) is 8.13. The molecular weight excluding hydrogens is 438 g/mol. The zero-order chi connectivity index (χ0) is 20.4. The molecule has 0 bridgehead atoms. The van der Waals surface area contributed by atoms with Gasteiger partial charge in [0, 0.05) is 16.7 Å². The highest BCUT2D eigenvalue weighted by atomic mass is 79.9. The van der Waals surface area contributed by atoms with Gasteiger partial charge < -0.3 is 18.8 Å². The van der Waals surface area contributed by atoms with Gasteiger partial charge in [-0.25, -0.2) is 4.79 Å². The van der Waals surface area contributed by atoms with Crippen LogP contribution in [-0.4, -0.2) is 25.5 Å². The summed E-state index contributed by atoms with van der Waals surface area (Å²) in [7, 11) is 1.35. The molecule has 1 amide bonds. The Hall–Kier alpha value is -3.06. The predicted octanol–water partition coefficient (Wildman–Crippen LogP) is 4.61. The van der Waals surface area contributed by atoms with Crippen molar-refractivity contribution in [2.45, 2.75) is 13.0 Å². The Labute approximate surface area is 176 Å². The molecule has 148 valence electrons. The van der Waals surface area contributed by atoms with Gasteiger partial charge in [0.05, 0.1) is 12.7 Å². The number of anilines is 1. The van der Waals surface area contributed by atoms with E-state index in [1.54, 1.807) is 35.2 Å². The molecule has 7 heteroatoms. The Kier molecular flexibility index (Phi) is 5.40. The maximum absolute atomic E-state index is 12.9. The van der Waals surface area contributed by atoms with Crippen molar-refractivity contribution in [3.05, 3.63) is 81.7 Å². The highest BCUT2D eigenvalue weighted by Gasteiger charge is 2.28. The molecule has 0 atom stereocenters. The minimum absolute atomic E-state index is 0.219. The van der Waals surface area contributed by atoms with Gasteiger partial charge in [-0.1, -0.05) is 22.0 Å². The number of benzene rings is 2. The van der Waals surface area contributed by atoms with E-state index in [0.717, 1.165) is 15.7 Å². The van der Waals surface area contributed by atoms with Crippen molar-refractivity contribution in [2.24, 2.45) is 0 Å². The van der Waals surface area contributed by atoms with E-state index in [1.165, 1.54) is 7.11 Å². The molecule has 0 fully saturated rings. The van der Waals surface area contributed by atoms with Crippen LogP contribution in [0.5, 0.6) is 5.75 Å². The Bertz CT molecular complexity index is 1070. The molecule has 0 spiro atoms. The van der Waals surface area contributed by atoms with Gasteiger partial charge in [-0.3, -0.25) is 4.79 Å². The number of ether oxygens (including phenoxy) is 2. The number of hydrogen-bond acceptors (Lipinski definition) is 5. The number of esters is 1. The zero-order valence-electron chi connectivity index (χ0n) is 15.7. The minimum Gasteiger partial charge on any atom is -0.486 e. The highest BCUT2D eigenvalue weighted by Crippen LogP contribution is 2.31. The van der Waals surface area contributed by atoms with Crippen molar-refractivity contribution in [3.8, 4) is 5.75 Å². The van der Waals surface area contributed by atoms with Crippen LogP contribution in [0.15, 0.2) is 63.5 Å². The van der Waals surface area contributed by atoms with Gasteiger partial charge in [-0.15, -0.1) is 0 Å². The van der Waals surface area contributed by atoms with E-state index < -0.39 is 5.97 Å². The fraction of sp³-hybridized carbons (Fsp3) is 0.182. The molecule has 1 aliphatic heterocycles. The summed E-state index contributed by atoms with van der Waals surface area (Å²) in [5.41, 5.74) is 2.20. The third-order valence-electron chi connectivity index (χ3n) is 4.69. The first-order valence-corrected chi connectivity index (χ1v) is 9.84. The zero-order valence-corrected chi connectivity index (χ0v) is 17.3. The van der Waals surface area contributed by atoms with Gasteiger partial charge in [-0.05, 0) is 60.5 Å². The SMILES string of the molecule is COC(=O)c1ccc2c(c1)CCN2C(=O)c1ccc(COc2cccc(Br)c2)o1. The standard InChI is InChI=1S/C22H18BrNO5/c1-27-22(26)15-5-7-19-14(11-15)9-10-24(19)21(25)20-8-6-18(29-20)13-28-17-4-2-3-16(23)12-17/h2-8,11-12H,9-10,13H2,1H3. The molecule has 3 aromatic rings. The van der Waals surface area contributed by atoms with Crippen molar-refractivity contribution in [3.63, 3.8) is 0 Å². The number of fused-ring (bicyclic) bond motifs is 1. The van der Waals surface area contributed by atoms with Crippen molar-refractivity contribution >= 4 is 33.5 Å². The predicted molar refractivity (Wildman–Crippen MR) is 110 cm³/mol. The number of carbonyl (C=O) groups is 2. The van der Waals surface area contributed by atoms with Gasteiger partial charge in [0.15, 0.2) is 5.76 Å². The number of amides is 1. The van der Waals surface area contributed by atoms with Crippen LogP contribution in [0.1, 0.15) is 32.2 Å². The largest absolute Gasteiger partial charge is 0.486 e. The van der Waals surface area contributed by atoms with Crippen molar-refractivity contribution in [1.29, 1.82) is 0 Å². The minimum atomic E-state index is -0.390. The van der Waals surface area contributed by atoms with E-state index >= 15 is 0 Å². The third kappa shape index (κ3) is 4.05. The van der Waals surface area contributed by atoms with Crippen LogP contribution in [0.2, 0.25) is 0 Å². The van der Waals surface area contributed by atoms with E-state index in [-0.39, 0.29) is 18.3 Å². The second-order valence-electron chi connectivity index (χ2n) is 6.55. The van der Waals surface area contributed by atoms with E-state index in [4.69, 9.17) is 13.9 Å². The number of rotatable bonds is 5. The van der Waals surface area contributed by atoms with Crippen molar-refractivity contribution in [1.82, 2.24) is 0 Å². The summed E-state index contributed by atoms with van der Waals surface area (Å²) in [6, 6.07) is 16.1. The molecule has 2 heterocycles. The molecule has 4 rings (SSSR count). The molecule has 0 aliphatic carbocycles. The van der Waals surface area contributed by atoms with Crippen molar-refractivity contribution in [2.75, 3.05) is 18.6 Å². The van der Waals surface area contributed by atoms with E-state index in [1.807, 2.05) is 24.3 Å². The van der Waals surface area contributed by atoms with E-state index in [2.05, 4.69) is 15.9 Å². The monoisotopic (exact) mass is 455 g/mol. The number of furan rings is 1. The lowest BCUT2D eigenvalue weighted by molar-refractivity contribution is 0.0600. The summed E-state index contributed by atoms with van der Waals surface area (Å²) in [5.74, 6) is 0.914. The summed E-state index contributed by atoms with van der Waals surface area (Å²) in [6.07, 6.45) is 0.672. The smallest absolute Gasteiger partial charge is 0.337 e. The average molecular weight is 456 g/mol. The quantitative estimate of drug-likeness (QED) is 0.525. The average Bonchev–Trinajstić information content (AvgIpc) is 3.38. The summed E-state index contributed by atoms with van der Waals surface area (Å²) in [6.45, 7) is 0.756.